The lowest BCUT2D eigenvalue weighted by Crippen LogP contribution is -2.15. The van der Waals surface area contributed by atoms with Gasteiger partial charge >= 0.3 is 0 Å². The molecule has 2 aromatic heterocycles. The Labute approximate surface area is 100 Å². The second-order valence-electron chi connectivity index (χ2n) is 4.75. The highest BCUT2D eigenvalue weighted by molar-refractivity contribution is 5.65. The number of furan rings is 1. The predicted molar refractivity (Wildman–Crippen MR) is 65.6 cm³/mol. The zero-order valence-corrected chi connectivity index (χ0v) is 10.2. The molecular formula is C13H17N3O. The molecule has 1 aliphatic carbocycles. The second kappa shape index (κ2) is 4.04. The molecule has 0 saturated heterocycles. The first kappa shape index (κ1) is 10.6. The summed E-state index contributed by atoms with van der Waals surface area (Å²) in [7, 11) is 0. The molecule has 0 spiro atoms. The van der Waals surface area contributed by atoms with E-state index in [0.717, 1.165) is 29.3 Å². The Hall–Kier alpha value is -1.55. The van der Waals surface area contributed by atoms with E-state index in [2.05, 4.69) is 21.6 Å². The number of aromatic amines is 1. The number of hydrogen-bond acceptors (Lipinski definition) is 3. The fourth-order valence-corrected chi connectivity index (χ4v) is 2.10. The normalized spacial score (nSPS) is 15.4. The zero-order chi connectivity index (χ0) is 11.8. The lowest BCUT2D eigenvalue weighted by atomic mass is 10.1. The van der Waals surface area contributed by atoms with E-state index in [1.54, 1.807) is 0 Å². The molecule has 0 bridgehead atoms. The summed E-state index contributed by atoms with van der Waals surface area (Å²) in [6.07, 6.45) is 4.50. The molecule has 0 radical (unpaired) electrons. The molecule has 4 heteroatoms. The summed E-state index contributed by atoms with van der Waals surface area (Å²) in [5.41, 5.74) is 3.40. The van der Waals surface area contributed by atoms with Crippen LogP contribution in [0.1, 0.15) is 29.9 Å². The molecule has 4 nitrogen and oxygen atoms in total. The van der Waals surface area contributed by atoms with Crippen LogP contribution in [0, 0.1) is 13.8 Å². The Kier molecular flexibility index (Phi) is 2.52. The number of hydrogen-bond donors (Lipinski definition) is 2. The van der Waals surface area contributed by atoms with E-state index in [4.69, 9.17) is 4.42 Å². The third-order valence-corrected chi connectivity index (χ3v) is 3.19. The van der Waals surface area contributed by atoms with Gasteiger partial charge in [-0.15, -0.1) is 0 Å². The minimum atomic E-state index is 0.713. The maximum absolute atomic E-state index is 5.56. The first-order chi connectivity index (χ1) is 8.24. The van der Waals surface area contributed by atoms with Gasteiger partial charge in [0.2, 0.25) is 0 Å². The van der Waals surface area contributed by atoms with Crippen molar-refractivity contribution in [2.45, 2.75) is 39.3 Å². The van der Waals surface area contributed by atoms with Crippen molar-refractivity contribution in [2.75, 3.05) is 0 Å². The van der Waals surface area contributed by atoms with Gasteiger partial charge in [-0.2, -0.15) is 5.10 Å². The van der Waals surface area contributed by atoms with Gasteiger partial charge in [-0.1, -0.05) is 0 Å². The van der Waals surface area contributed by atoms with Crippen LogP contribution in [-0.2, 0) is 6.54 Å². The molecule has 2 N–H and O–H groups in total. The maximum atomic E-state index is 5.56. The van der Waals surface area contributed by atoms with Crippen LogP contribution in [0.4, 0.5) is 0 Å². The van der Waals surface area contributed by atoms with Crippen LogP contribution in [0.25, 0.3) is 11.3 Å². The topological polar surface area (TPSA) is 53.9 Å². The highest BCUT2D eigenvalue weighted by Gasteiger charge is 2.21. The van der Waals surface area contributed by atoms with Crippen LogP contribution in [-0.4, -0.2) is 16.2 Å². The molecule has 0 unspecified atom stereocenters. The first-order valence-corrected chi connectivity index (χ1v) is 6.07. The molecule has 3 rings (SSSR count). The maximum Gasteiger partial charge on any atom is 0.110 e. The molecule has 1 aliphatic rings. The molecule has 1 fully saturated rings. The van der Waals surface area contributed by atoms with E-state index in [0.29, 0.717) is 6.04 Å². The van der Waals surface area contributed by atoms with Gasteiger partial charge in [0, 0.05) is 23.7 Å². The molecule has 1 saturated carbocycles. The zero-order valence-electron chi connectivity index (χ0n) is 10.2. The molecule has 0 amide bonds. The SMILES string of the molecule is Cc1cc(-c2[nH]ncc2CNC2CC2)c(C)o1. The molecule has 0 atom stereocenters. The molecule has 90 valence electrons. The third kappa shape index (κ3) is 2.13. The van der Waals surface area contributed by atoms with Gasteiger partial charge in [0.15, 0.2) is 0 Å². The molecular weight excluding hydrogens is 214 g/mol. The fourth-order valence-electron chi connectivity index (χ4n) is 2.10. The summed E-state index contributed by atoms with van der Waals surface area (Å²) in [5.74, 6) is 1.88. The van der Waals surface area contributed by atoms with Gasteiger partial charge in [-0.05, 0) is 32.8 Å². The Morgan fingerprint density at radius 1 is 1.47 bits per heavy atom. The Bertz CT molecular complexity index is 523. The van der Waals surface area contributed by atoms with Crippen molar-refractivity contribution >= 4 is 0 Å². The van der Waals surface area contributed by atoms with Crippen LogP contribution in [0.2, 0.25) is 0 Å². The lowest BCUT2D eigenvalue weighted by molar-refractivity contribution is 0.505. The van der Waals surface area contributed by atoms with E-state index in [1.807, 2.05) is 20.0 Å². The van der Waals surface area contributed by atoms with E-state index < -0.39 is 0 Å². The van der Waals surface area contributed by atoms with Crippen molar-refractivity contribution in [3.05, 3.63) is 29.3 Å². The summed E-state index contributed by atoms with van der Waals surface area (Å²) in [4.78, 5) is 0. The van der Waals surface area contributed by atoms with E-state index in [9.17, 15) is 0 Å². The molecule has 2 heterocycles. The summed E-state index contributed by atoms with van der Waals surface area (Å²) in [6, 6.07) is 2.77. The molecule has 2 aromatic rings. The smallest absolute Gasteiger partial charge is 0.110 e. The fraction of sp³-hybridized carbons (Fsp3) is 0.462. The van der Waals surface area contributed by atoms with Crippen molar-refractivity contribution in [2.24, 2.45) is 0 Å². The van der Waals surface area contributed by atoms with Gasteiger partial charge in [0.25, 0.3) is 0 Å². The van der Waals surface area contributed by atoms with Gasteiger partial charge in [-0.3, -0.25) is 5.10 Å². The molecule has 0 aromatic carbocycles. The Morgan fingerprint density at radius 2 is 2.29 bits per heavy atom. The average Bonchev–Trinajstić information content (AvgIpc) is 2.91. The summed E-state index contributed by atoms with van der Waals surface area (Å²) < 4.78 is 5.56. The monoisotopic (exact) mass is 231 g/mol. The van der Waals surface area contributed by atoms with E-state index in [-0.39, 0.29) is 0 Å². The number of rotatable bonds is 4. The van der Waals surface area contributed by atoms with Crippen LogP contribution in [0.3, 0.4) is 0 Å². The van der Waals surface area contributed by atoms with Crippen molar-refractivity contribution in [1.82, 2.24) is 15.5 Å². The second-order valence-corrected chi connectivity index (χ2v) is 4.75. The minimum absolute atomic E-state index is 0.713. The van der Waals surface area contributed by atoms with Gasteiger partial charge < -0.3 is 9.73 Å². The number of nitrogens with zero attached hydrogens (tertiary/aromatic N) is 1. The molecule has 0 aliphatic heterocycles. The van der Waals surface area contributed by atoms with Crippen molar-refractivity contribution < 1.29 is 4.42 Å². The standard InChI is InChI=1S/C13H17N3O/c1-8-5-12(9(2)17-8)13-10(7-15-16-13)6-14-11-3-4-11/h5,7,11,14H,3-4,6H2,1-2H3,(H,15,16). The van der Waals surface area contributed by atoms with E-state index >= 15 is 0 Å². The Balaban J connectivity index is 1.86. The number of H-pyrrole nitrogens is 1. The van der Waals surface area contributed by atoms with Crippen LogP contribution >= 0.6 is 0 Å². The highest BCUT2D eigenvalue weighted by Crippen LogP contribution is 2.28. The van der Waals surface area contributed by atoms with Crippen LogP contribution in [0.5, 0.6) is 0 Å². The quantitative estimate of drug-likeness (QED) is 0.850. The van der Waals surface area contributed by atoms with Crippen molar-refractivity contribution in [3.8, 4) is 11.3 Å². The van der Waals surface area contributed by atoms with Crippen LogP contribution in [0.15, 0.2) is 16.7 Å². The van der Waals surface area contributed by atoms with Gasteiger partial charge in [0.05, 0.1) is 11.9 Å². The lowest BCUT2D eigenvalue weighted by Gasteiger charge is -2.03. The highest BCUT2D eigenvalue weighted by atomic mass is 16.3. The van der Waals surface area contributed by atoms with Crippen LogP contribution < -0.4 is 5.32 Å². The summed E-state index contributed by atoms with van der Waals surface area (Å²) >= 11 is 0. The van der Waals surface area contributed by atoms with Crippen molar-refractivity contribution in [1.29, 1.82) is 0 Å². The largest absolute Gasteiger partial charge is 0.466 e. The summed E-state index contributed by atoms with van der Waals surface area (Å²) in [6.45, 7) is 4.83. The minimum Gasteiger partial charge on any atom is -0.466 e. The van der Waals surface area contributed by atoms with Crippen molar-refractivity contribution in [3.63, 3.8) is 0 Å². The number of nitrogens with one attached hydrogen (secondary N) is 2. The molecule has 17 heavy (non-hydrogen) atoms. The number of aryl methyl sites for hydroxylation is 2. The number of aromatic nitrogens is 2. The summed E-state index contributed by atoms with van der Waals surface area (Å²) in [5, 5.41) is 10.7. The average molecular weight is 231 g/mol. The predicted octanol–water partition coefficient (Wildman–Crippen LogP) is 2.54. The van der Waals surface area contributed by atoms with Gasteiger partial charge in [-0.25, -0.2) is 0 Å². The Morgan fingerprint density at radius 3 is 2.94 bits per heavy atom. The third-order valence-electron chi connectivity index (χ3n) is 3.19. The van der Waals surface area contributed by atoms with E-state index in [1.165, 1.54) is 18.4 Å². The van der Waals surface area contributed by atoms with Gasteiger partial charge in [0.1, 0.15) is 11.5 Å². The first-order valence-electron chi connectivity index (χ1n) is 6.07.